The summed E-state index contributed by atoms with van der Waals surface area (Å²) < 4.78 is 0. The van der Waals surface area contributed by atoms with E-state index >= 15 is 0 Å². The number of allylic oxidation sites excluding steroid dienone is 2. The number of hydrogen-bond acceptors (Lipinski definition) is 6. The van der Waals surface area contributed by atoms with Gasteiger partial charge in [0.05, 0.1) is 13.2 Å². The van der Waals surface area contributed by atoms with E-state index in [1.165, 1.54) is 0 Å². The van der Waals surface area contributed by atoms with Crippen molar-refractivity contribution in [2.75, 3.05) is 13.2 Å². The third-order valence-corrected chi connectivity index (χ3v) is 4.80. The van der Waals surface area contributed by atoms with Crippen LogP contribution in [0.3, 0.4) is 0 Å². The Kier molecular flexibility index (Phi) is 6.63. The van der Waals surface area contributed by atoms with E-state index in [1.54, 1.807) is 12.1 Å². The molecule has 0 radical (unpaired) electrons. The zero-order chi connectivity index (χ0) is 19.3. The summed E-state index contributed by atoms with van der Waals surface area (Å²) in [4.78, 5) is 14.4. The number of nitrogens with zero attached hydrogens (tertiary/aromatic N) is 1. The molecular formula is C19H25NO6. The minimum Gasteiger partial charge on any atom is -0.507 e. The first kappa shape index (κ1) is 19.8. The van der Waals surface area contributed by atoms with Gasteiger partial charge in [0.15, 0.2) is 0 Å². The van der Waals surface area contributed by atoms with Crippen molar-refractivity contribution in [3.05, 3.63) is 57.2 Å². The van der Waals surface area contributed by atoms with Crippen LogP contribution in [-0.4, -0.2) is 33.6 Å². The van der Waals surface area contributed by atoms with Gasteiger partial charge in [0.1, 0.15) is 11.5 Å². The van der Waals surface area contributed by atoms with E-state index in [0.717, 1.165) is 24.0 Å². The van der Waals surface area contributed by atoms with E-state index in [2.05, 4.69) is 11.4 Å². The van der Waals surface area contributed by atoms with Crippen LogP contribution in [0.5, 0.6) is 11.5 Å². The smallest absolute Gasteiger partial charge is 0.294 e. The lowest BCUT2D eigenvalue weighted by Gasteiger charge is -2.31. The predicted molar refractivity (Wildman–Crippen MR) is 96.5 cm³/mol. The summed E-state index contributed by atoms with van der Waals surface area (Å²) in [6.45, 7) is 5.86. The van der Waals surface area contributed by atoms with Crippen molar-refractivity contribution in [2.45, 2.75) is 38.5 Å². The Labute approximate surface area is 152 Å². The molecule has 1 aliphatic carbocycles. The van der Waals surface area contributed by atoms with Crippen molar-refractivity contribution in [3.8, 4) is 11.5 Å². The number of aryl methyl sites for hydroxylation is 1. The van der Waals surface area contributed by atoms with Crippen molar-refractivity contribution in [3.63, 3.8) is 0 Å². The minimum atomic E-state index is -0.843. The fourth-order valence-electron chi connectivity index (χ4n) is 3.52. The van der Waals surface area contributed by atoms with Crippen LogP contribution < -0.4 is 0 Å². The molecule has 1 aromatic carbocycles. The van der Waals surface area contributed by atoms with Gasteiger partial charge in [0, 0.05) is 11.5 Å². The van der Waals surface area contributed by atoms with Gasteiger partial charge in [-0.2, -0.15) is 0 Å². The van der Waals surface area contributed by atoms with Crippen LogP contribution in [0, 0.1) is 16.0 Å². The van der Waals surface area contributed by atoms with Crippen molar-refractivity contribution in [1.29, 1.82) is 0 Å². The van der Waals surface area contributed by atoms with Gasteiger partial charge in [-0.1, -0.05) is 18.2 Å². The molecule has 0 saturated carbocycles. The van der Waals surface area contributed by atoms with Gasteiger partial charge in [0.25, 0.3) is 5.09 Å². The van der Waals surface area contributed by atoms with Gasteiger partial charge in [0.2, 0.25) is 0 Å². The van der Waals surface area contributed by atoms with Crippen LogP contribution in [0.4, 0.5) is 0 Å². The summed E-state index contributed by atoms with van der Waals surface area (Å²) in [6.07, 6.45) is 4.29. The lowest BCUT2D eigenvalue weighted by molar-refractivity contribution is -0.757. The molecule has 0 saturated heterocycles. The molecule has 0 fully saturated rings. The zero-order valence-electron chi connectivity index (χ0n) is 14.9. The van der Waals surface area contributed by atoms with Crippen molar-refractivity contribution in [1.82, 2.24) is 0 Å². The monoisotopic (exact) mass is 363 g/mol. The first-order chi connectivity index (χ1) is 12.3. The highest BCUT2D eigenvalue weighted by atomic mass is 16.9. The number of phenols is 2. The number of benzene rings is 1. The first-order valence-electron chi connectivity index (χ1n) is 8.61. The minimum absolute atomic E-state index is 0.0260. The van der Waals surface area contributed by atoms with Crippen LogP contribution in [0.15, 0.2) is 35.9 Å². The molecule has 3 N–H and O–H groups in total. The largest absolute Gasteiger partial charge is 0.507 e. The lowest BCUT2D eigenvalue weighted by atomic mass is 9.73. The van der Waals surface area contributed by atoms with E-state index in [0.29, 0.717) is 24.0 Å². The van der Waals surface area contributed by atoms with Gasteiger partial charge in [-0.05, 0) is 61.8 Å². The van der Waals surface area contributed by atoms with Crippen LogP contribution >= 0.6 is 0 Å². The van der Waals surface area contributed by atoms with E-state index in [1.807, 2.05) is 13.0 Å². The Morgan fingerprint density at radius 1 is 1.38 bits per heavy atom. The Morgan fingerprint density at radius 2 is 2.04 bits per heavy atom. The van der Waals surface area contributed by atoms with Gasteiger partial charge in [-0.25, -0.2) is 0 Å². The van der Waals surface area contributed by atoms with Crippen LogP contribution in [-0.2, 0) is 11.3 Å². The molecule has 0 spiro atoms. The molecule has 2 rings (SSSR count). The van der Waals surface area contributed by atoms with Gasteiger partial charge in [-0.15, -0.1) is 10.1 Å². The predicted octanol–water partition coefficient (Wildman–Crippen LogP) is 3.23. The molecular weight excluding hydrogens is 338 g/mol. The normalized spacial score (nSPS) is 19.7. The second-order valence-electron chi connectivity index (χ2n) is 6.71. The summed E-state index contributed by atoms with van der Waals surface area (Å²) in [5.41, 5.74) is 2.94. The van der Waals surface area contributed by atoms with Gasteiger partial charge >= 0.3 is 0 Å². The Hall–Kier alpha value is -2.54. The molecule has 0 aliphatic heterocycles. The molecule has 0 unspecified atom stereocenters. The summed E-state index contributed by atoms with van der Waals surface area (Å²) in [6, 6.07) is 3.13. The number of aliphatic hydroxyl groups excluding tert-OH is 1. The molecule has 0 heterocycles. The maximum Gasteiger partial charge on any atom is 0.294 e. The quantitative estimate of drug-likeness (QED) is 0.283. The fourth-order valence-corrected chi connectivity index (χ4v) is 3.52. The molecule has 7 nitrogen and oxygen atoms in total. The highest BCUT2D eigenvalue weighted by Gasteiger charge is 2.30. The SMILES string of the molecule is C=C(C)[C@H]1CCC(CO)=C[C@@H]1c1c(O)cc(CCCO[N+](=O)[O-])cc1O. The molecule has 2 atom stereocenters. The molecule has 0 aromatic heterocycles. The number of hydrogen-bond donors (Lipinski definition) is 3. The van der Waals surface area contributed by atoms with E-state index in [4.69, 9.17) is 0 Å². The summed E-state index contributed by atoms with van der Waals surface area (Å²) in [7, 11) is 0. The fraction of sp³-hybridized carbons (Fsp3) is 0.474. The highest BCUT2D eigenvalue weighted by molar-refractivity contribution is 5.52. The summed E-state index contributed by atoms with van der Waals surface area (Å²) in [5, 5.41) is 39.8. The number of aromatic hydroxyl groups is 2. The van der Waals surface area contributed by atoms with Crippen molar-refractivity contribution < 1.29 is 25.2 Å². The van der Waals surface area contributed by atoms with Crippen LogP contribution in [0.2, 0.25) is 0 Å². The molecule has 26 heavy (non-hydrogen) atoms. The number of rotatable bonds is 8. The van der Waals surface area contributed by atoms with Crippen molar-refractivity contribution >= 4 is 0 Å². The molecule has 142 valence electrons. The second-order valence-corrected chi connectivity index (χ2v) is 6.71. The Bertz CT molecular complexity index is 689. The Balaban J connectivity index is 2.25. The van der Waals surface area contributed by atoms with Gasteiger partial charge < -0.3 is 20.2 Å². The van der Waals surface area contributed by atoms with Crippen LogP contribution in [0.1, 0.15) is 43.2 Å². The summed E-state index contributed by atoms with van der Waals surface area (Å²) in [5.74, 6) is -0.236. The summed E-state index contributed by atoms with van der Waals surface area (Å²) >= 11 is 0. The van der Waals surface area contributed by atoms with Crippen LogP contribution in [0.25, 0.3) is 0 Å². The maximum absolute atomic E-state index is 10.5. The average molecular weight is 363 g/mol. The average Bonchev–Trinajstić information content (AvgIpc) is 2.57. The Morgan fingerprint density at radius 3 is 2.58 bits per heavy atom. The van der Waals surface area contributed by atoms with E-state index < -0.39 is 5.09 Å². The zero-order valence-corrected chi connectivity index (χ0v) is 14.9. The number of phenolic OH excluding ortho intramolecular Hbond substituents is 2. The van der Waals surface area contributed by atoms with Gasteiger partial charge in [-0.3, -0.25) is 0 Å². The first-order valence-corrected chi connectivity index (χ1v) is 8.61. The highest BCUT2D eigenvalue weighted by Crippen LogP contribution is 2.46. The van der Waals surface area contributed by atoms with E-state index in [-0.39, 0.29) is 36.5 Å². The molecule has 1 aromatic rings. The molecule has 7 heteroatoms. The van der Waals surface area contributed by atoms with E-state index in [9.17, 15) is 25.4 Å². The lowest BCUT2D eigenvalue weighted by Crippen LogP contribution is -2.18. The van der Waals surface area contributed by atoms with Crippen molar-refractivity contribution in [2.24, 2.45) is 5.92 Å². The molecule has 0 bridgehead atoms. The maximum atomic E-state index is 10.5. The third-order valence-electron chi connectivity index (χ3n) is 4.80. The topological polar surface area (TPSA) is 113 Å². The second kappa shape index (κ2) is 8.71. The standard InChI is InChI=1S/C19H25NO6/c1-12(2)15-6-5-14(11-21)8-16(15)19-17(22)9-13(10-18(19)23)4-3-7-26-20(24)25/h8-10,15-16,21-23H,1,3-7,11H2,2H3/t15-,16+/m1/s1. The molecule has 1 aliphatic rings. The third kappa shape index (κ3) is 4.76. The molecule has 0 amide bonds. The number of aliphatic hydroxyl groups is 1.